The number of hydrogen-bond acceptors (Lipinski definition) is 4. The van der Waals surface area contributed by atoms with Crippen molar-refractivity contribution in [1.29, 1.82) is 0 Å². The van der Waals surface area contributed by atoms with Crippen molar-refractivity contribution >= 4 is 5.91 Å². The number of aromatic nitrogens is 3. The molecule has 2 N–H and O–H groups in total. The Kier molecular flexibility index (Phi) is 5.95. The average Bonchev–Trinajstić information content (AvgIpc) is 2.82. The molecular formula is C13H25N5O. The molecule has 0 bridgehead atoms. The third-order valence-electron chi connectivity index (χ3n) is 3.05. The number of aromatic amines is 1. The van der Waals surface area contributed by atoms with E-state index in [0.29, 0.717) is 18.6 Å². The van der Waals surface area contributed by atoms with Gasteiger partial charge in [0.2, 0.25) is 5.82 Å². The highest BCUT2D eigenvalue weighted by Gasteiger charge is 2.15. The predicted octanol–water partition coefficient (Wildman–Crippen LogP) is 1.22. The van der Waals surface area contributed by atoms with Crippen molar-refractivity contribution in [3.05, 3.63) is 11.6 Å². The summed E-state index contributed by atoms with van der Waals surface area (Å²) in [5.41, 5.74) is 0. The molecule has 1 heterocycles. The zero-order chi connectivity index (χ0) is 14.4. The largest absolute Gasteiger partial charge is 0.348 e. The fraction of sp³-hybridized carbons (Fsp3) is 0.769. The molecule has 6 nitrogen and oxygen atoms in total. The Morgan fingerprint density at radius 1 is 1.32 bits per heavy atom. The summed E-state index contributed by atoms with van der Waals surface area (Å²) in [5, 5.41) is 9.48. The number of nitrogens with one attached hydrogen (secondary N) is 2. The van der Waals surface area contributed by atoms with E-state index in [9.17, 15) is 4.79 Å². The number of nitrogens with zero attached hydrogens (tertiary/aromatic N) is 3. The summed E-state index contributed by atoms with van der Waals surface area (Å²) in [6, 6.07) is 0.930. The van der Waals surface area contributed by atoms with Crippen molar-refractivity contribution in [3.63, 3.8) is 0 Å². The van der Waals surface area contributed by atoms with Crippen LogP contribution in [0.5, 0.6) is 0 Å². The third-order valence-corrected chi connectivity index (χ3v) is 3.05. The van der Waals surface area contributed by atoms with E-state index in [1.165, 1.54) is 0 Å². The van der Waals surface area contributed by atoms with Crippen molar-refractivity contribution in [1.82, 2.24) is 25.4 Å². The second kappa shape index (κ2) is 7.23. The molecule has 0 saturated carbocycles. The van der Waals surface area contributed by atoms with Gasteiger partial charge in [0.25, 0.3) is 5.91 Å². The highest BCUT2D eigenvalue weighted by Crippen LogP contribution is 2.03. The van der Waals surface area contributed by atoms with Crippen molar-refractivity contribution in [2.45, 2.75) is 53.1 Å². The quantitative estimate of drug-likeness (QED) is 0.779. The van der Waals surface area contributed by atoms with Gasteiger partial charge in [0.15, 0.2) is 0 Å². The number of rotatable bonds is 7. The molecule has 0 fully saturated rings. The van der Waals surface area contributed by atoms with E-state index in [1.54, 1.807) is 0 Å². The number of aryl methyl sites for hydroxylation is 1. The van der Waals surface area contributed by atoms with Gasteiger partial charge in [-0.05, 0) is 27.7 Å². The number of hydrogen-bond donors (Lipinski definition) is 2. The Morgan fingerprint density at radius 2 is 1.95 bits per heavy atom. The normalized spacial score (nSPS) is 11.6. The summed E-state index contributed by atoms with van der Waals surface area (Å²) >= 11 is 0. The molecule has 0 aromatic carbocycles. The molecule has 0 spiro atoms. The molecule has 1 aromatic heterocycles. The van der Waals surface area contributed by atoms with Gasteiger partial charge in [0.1, 0.15) is 5.82 Å². The molecule has 0 radical (unpaired) electrons. The van der Waals surface area contributed by atoms with Crippen LogP contribution in [0.2, 0.25) is 0 Å². The molecule has 1 amide bonds. The van der Waals surface area contributed by atoms with Crippen LogP contribution in [-0.2, 0) is 6.42 Å². The smallest absolute Gasteiger partial charge is 0.291 e. The molecule has 0 atom stereocenters. The lowest BCUT2D eigenvalue weighted by Crippen LogP contribution is -2.42. The standard InChI is InChI=1S/C13H25N5O/c1-6-11-15-12(17-16-11)13(19)14-7-8-18(9(2)3)10(4)5/h9-10H,6-8H2,1-5H3,(H,14,19)(H,15,16,17). The van der Waals surface area contributed by atoms with Gasteiger partial charge in [-0.25, -0.2) is 4.98 Å². The lowest BCUT2D eigenvalue weighted by molar-refractivity contribution is 0.0929. The van der Waals surface area contributed by atoms with E-state index in [-0.39, 0.29) is 11.7 Å². The molecular weight excluding hydrogens is 242 g/mol. The van der Waals surface area contributed by atoms with Crippen LogP contribution < -0.4 is 5.32 Å². The molecule has 6 heteroatoms. The van der Waals surface area contributed by atoms with Crippen LogP contribution in [0.3, 0.4) is 0 Å². The van der Waals surface area contributed by atoms with E-state index >= 15 is 0 Å². The maximum absolute atomic E-state index is 11.8. The first-order valence-electron chi connectivity index (χ1n) is 6.90. The maximum atomic E-state index is 11.8. The Balaban J connectivity index is 2.42. The second-order valence-corrected chi connectivity index (χ2v) is 5.14. The van der Waals surface area contributed by atoms with Crippen LogP contribution in [0.25, 0.3) is 0 Å². The molecule has 1 aromatic rings. The van der Waals surface area contributed by atoms with Gasteiger partial charge >= 0.3 is 0 Å². The van der Waals surface area contributed by atoms with E-state index in [4.69, 9.17) is 0 Å². The summed E-state index contributed by atoms with van der Waals surface area (Å²) in [6.07, 6.45) is 0.745. The molecule has 1 rings (SSSR count). The van der Waals surface area contributed by atoms with Crippen molar-refractivity contribution in [2.24, 2.45) is 0 Å². The summed E-state index contributed by atoms with van der Waals surface area (Å²) in [7, 11) is 0. The summed E-state index contributed by atoms with van der Waals surface area (Å²) in [6.45, 7) is 12.0. The lowest BCUT2D eigenvalue weighted by Gasteiger charge is -2.30. The van der Waals surface area contributed by atoms with Crippen LogP contribution in [0.1, 0.15) is 51.1 Å². The predicted molar refractivity (Wildman–Crippen MR) is 75.1 cm³/mol. The summed E-state index contributed by atoms with van der Waals surface area (Å²) < 4.78 is 0. The van der Waals surface area contributed by atoms with Crippen molar-refractivity contribution in [2.75, 3.05) is 13.1 Å². The van der Waals surface area contributed by atoms with E-state index in [0.717, 1.165) is 18.8 Å². The Hall–Kier alpha value is -1.43. The van der Waals surface area contributed by atoms with Gasteiger partial charge in [-0.1, -0.05) is 6.92 Å². The Bertz CT molecular complexity index is 391. The summed E-state index contributed by atoms with van der Waals surface area (Å²) in [4.78, 5) is 18.3. The minimum absolute atomic E-state index is 0.219. The Labute approximate surface area is 115 Å². The SMILES string of the molecule is CCc1nc(C(=O)NCCN(C(C)C)C(C)C)n[nH]1. The molecule has 0 unspecified atom stereocenters. The van der Waals surface area contributed by atoms with E-state index < -0.39 is 0 Å². The fourth-order valence-corrected chi connectivity index (χ4v) is 2.05. The van der Waals surface area contributed by atoms with Crippen LogP contribution in [0.15, 0.2) is 0 Å². The van der Waals surface area contributed by atoms with Crippen LogP contribution in [0, 0.1) is 0 Å². The van der Waals surface area contributed by atoms with Gasteiger partial charge < -0.3 is 5.32 Å². The first-order chi connectivity index (χ1) is 8.95. The van der Waals surface area contributed by atoms with Gasteiger partial charge in [0, 0.05) is 31.6 Å². The first-order valence-corrected chi connectivity index (χ1v) is 6.90. The van der Waals surface area contributed by atoms with Gasteiger partial charge in [-0.3, -0.25) is 14.8 Å². The van der Waals surface area contributed by atoms with Gasteiger partial charge in [-0.2, -0.15) is 0 Å². The average molecular weight is 267 g/mol. The van der Waals surface area contributed by atoms with Crippen molar-refractivity contribution < 1.29 is 4.79 Å². The minimum Gasteiger partial charge on any atom is -0.348 e. The molecule has 19 heavy (non-hydrogen) atoms. The second-order valence-electron chi connectivity index (χ2n) is 5.14. The molecule has 0 aliphatic heterocycles. The fourth-order valence-electron chi connectivity index (χ4n) is 2.05. The zero-order valence-electron chi connectivity index (χ0n) is 12.5. The van der Waals surface area contributed by atoms with Gasteiger partial charge in [0.05, 0.1) is 0 Å². The maximum Gasteiger partial charge on any atom is 0.291 e. The third kappa shape index (κ3) is 4.63. The van der Waals surface area contributed by atoms with E-state index in [1.807, 2.05) is 6.92 Å². The highest BCUT2D eigenvalue weighted by atomic mass is 16.2. The molecule has 0 aliphatic carbocycles. The number of carbonyl (C=O) groups excluding carboxylic acids is 1. The van der Waals surface area contributed by atoms with Crippen LogP contribution >= 0.6 is 0 Å². The number of carbonyl (C=O) groups is 1. The monoisotopic (exact) mass is 267 g/mol. The van der Waals surface area contributed by atoms with E-state index in [2.05, 4.69) is 53.1 Å². The lowest BCUT2D eigenvalue weighted by atomic mass is 10.2. The topological polar surface area (TPSA) is 73.9 Å². The van der Waals surface area contributed by atoms with Gasteiger partial charge in [-0.15, -0.1) is 5.10 Å². The zero-order valence-corrected chi connectivity index (χ0v) is 12.5. The summed E-state index contributed by atoms with van der Waals surface area (Å²) in [5.74, 6) is 0.733. The molecule has 0 aliphatic rings. The molecule has 108 valence electrons. The molecule has 0 saturated heterocycles. The minimum atomic E-state index is -0.219. The number of amides is 1. The first kappa shape index (κ1) is 15.6. The van der Waals surface area contributed by atoms with Crippen LogP contribution in [-0.4, -0.2) is 51.2 Å². The van der Waals surface area contributed by atoms with Crippen molar-refractivity contribution in [3.8, 4) is 0 Å². The number of H-pyrrole nitrogens is 1. The highest BCUT2D eigenvalue weighted by molar-refractivity contribution is 5.90. The Morgan fingerprint density at radius 3 is 2.42 bits per heavy atom. The van der Waals surface area contributed by atoms with Crippen LogP contribution in [0.4, 0.5) is 0 Å².